The second-order valence-electron chi connectivity index (χ2n) is 4.14. The van der Waals surface area contributed by atoms with E-state index in [2.05, 4.69) is 5.32 Å². The molecule has 3 N–H and O–H groups in total. The summed E-state index contributed by atoms with van der Waals surface area (Å²) in [4.78, 5) is 13.1. The van der Waals surface area contributed by atoms with Crippen LogP contribution in [-0.4, -0.2) is 33.2 Å². The molecule has 0 aromatic heterocycles. The Kier molecular flexibility index (Phi) is 5.30. The van der Waals surface area contributed by atoms with Gasteiger partial charge in [0.25, 0.3) is 0 Å². The van der Waals surface area contributed by atoms with Gasteiger partial charge in [0.15, 0.2) is 0 Å². The average molecular weight is 251 g/mol. The van der Waals surface area contributed by atoms with Crippen LogP contribution in [0.15, 0.2) is 18.2 Å². The lowest BCUT2D eigenvalue weighted by Gasteiger charge is -2.19. The number of carbonyl (C=O) groups is 1. The Balaban J connectivity index is 2.80. The molecule has 1 aromatic rings. The fraction of sp³-hybridized carbons (Fsp3) is 0.462. The van der Waals surface area contributed by atoms with Crippen LogP contribution in [0.2, 0.25) is 0 Å². The predicted octanol–water partition coefficient (Wildman–Crippen LogP) is 1.24. The number of rotatable bonds is 6. The van der Waals surface area contributed by atoms with Crippen molar-refractivity contribution in [2.75, 3.05) is 37.9 Å². The van der Waals surface area contributed by atoms with Crippen molar-refractivity contribution in [1.29, 1.82) is 0 Å². The van der Waals surface area contributed by atoms with Crippen LogP contribution in [0.5, 0.6) is 5.75 Å². The molecule has 1 aromatic carbocycles. The van der Waals surface area contributed by atoms with Gasteiger partial charge in [0, 0.05) is 37.6 Å². The molecule has 0 spiro atoms. The SMILES string of the molecule is CCCOc1cc(N)cc(N(C)CC(=O)NC)c1. The van der Waals surface area contributed by atoms with Crippen LogP contribution in [0.3, 0.4) is 0 Å². The summed E-state index contributed by atoms with van der Waals surface area (Å²) >= 11 is 0. The number of hydrogen-bond acceptors (Lipinski definition) is 4. The zero-order valence-corrected chi connectivity index (χ0v) is 11.2. The molecule has 0 saturated heterocycles. The minimum absolute atomic E-state index is 0.0454. The highest BCUT2D eigenvalue weighted by Crippen LogP contribution is 2.24. The van der Waals surface area contributed by atoms with E-state index < -0.39 is 0 Å². The highest BCUT2D eigenvalue weighted by Gasteiger charge is 2.08. The summed E-state index contributed by atoms with van der Waals surface area (Å²) in [5.41, 5.74) is 7.32. The normalized spacial score (nSPS) is 9.94. The van der Waals surface area contributed by atoms with Gasteiger partial charge < -0.3 is 20.7 Å². The van der Waals surface area contributed by atoms with Gasteiger partial charge in [-0.15, -0.1) is 0 Å². The number of likely N-dealkylation sites (N-methyl/N-ethyl adjacent to an activating group) is 2. The number of nitrogen functional groups attached to an aromatic ring is 1. The van der Waals surface area contributed by atoms with E-state index in [1.54, 1.807) is 13.1 Å². The highest BCUT2D eigenvalue weighted by atomic mass is 16.5. The molecule has 18 heavy (non-hydrogen) atoms. The van der Waals surface area contributed by atoms with Crippen molar-refractivity contribution < 1.29 is 9.53 Å². The lowest BCUT2D eigenvalue weighted by molar-refractivity contribution is -0.119. The van der Waals surface area contributed by atoms with Gasteiger partial charge in [-0.1, -0.05) is 6.92 Å². The van der Waals surface area contributed by atoms with Crippen molar-refractivity contribution in [2.24, 2.45) is 0 Å². The second kappa shape index (κ2) is 6.74. The molecule has 0 fully saturated rings. The lowest BCUT2D eigenvalue weighted by atomic mass is 10.2. The van der Waals surface area contributed by atoms with Gasteiger partial charge in [-0.05, 0) is 12.5 Å². The van der Waals surface area contributed by atoms with Gasteiger partial charge in [0.05, 0.1) is 13.2 Å². The van der Waals surface area contributed by atoms with Gasteiger partial charge in [0.1, 0.15) is 5.75 Å². The van der Waals surface area contributed by atoms with E-state index >= 15 is 0 Å². The third-order valence-electron chi connectivity index (χ3n) is 2.49. The van der Waals surface area contributed by atoms with E-state index in [-0.39, 0.29) is 12.5 Å². The molecular weight excluding hydrogens is 230 g/mol. The van der Waals surface area contributed by atoms with Crippen molar-refractivity contribution in [3.8, 4) is 5.75 Å². The molecule has 5 heteroatoms. The number of anilines is 2. The number of nitrogens with zero attached hydrogens (tertiary/aromatic N) is 1. The molecule has 0 bridgehead atoms. The highest BCUT2D eigenvalue weighted by molar-refractivity contribution is 5.81. The topological polar surface area (TPSA) is 67.6 Å². The Hall–Kier alpha value is -1.91. The van der Waals surface area contributed by atoms with E-state index in [9.17, 15) is 4.79 Å². The largest absolute Gasteiger partial charge is 0.493 e. The summed E-state index contributed by atoms with van der Waals surface area (Å²) in [6.07, 6.45) is 0.943. The standard InChI is InChI=1S/C13H21N3O2/c1-4-5-18-12-7-10(14)6-11(8-12)16(3)9-13(17)15-2/h6-8H,4-5,9,14H2,1-3H3,(H,15,17). The van der Waals surface area contributed by atoms with Crippen LogP contribution in [0.1, 0.15) is 13.3 Å². The van der Waals surface area contributed by atoms with Crippen molar-refractivity contribution in [3.63, 3.8) is 0 Å². The second-order valence-corrected chi connectivity index (χ2v) is 4.14. The minimum atomic E-state index is -0.0454. The molecule has 0 atom stereocenters. The molecule has 1 amide bonds. The van der Waals surface area contributed by atoms with E-state index in [1.807, 2.05) is 31.0 Å². The quantitative estimate of drug-likeness (QED) is 0.746. The van der Waals surface area contributed by atoms with Crippen LogP contribution < -0.4 is 20.7 Å². The van der Waals surface area contributed by atoms with Crippen molar-refractivity contribution in [1.82, 2.24) is 5.32 Å². The molecular formula is C13H21N3O2. The number of amides is 1. The fourth-order valence-electron chi connectivity index (χ4n) is 1.52. The average Bonchev–Trinajstić information content (AvgIpc) is 2.35. The zero-order valence-electron chi connectivity index (χ0n) is 11.2. The first-order valence-electron chi connectivity index (χ1n) is 6.02. The summed E-state index contributed by atoms with van der Waals surface area (Å²) in [5, 5.41) is 2.59. The van der Waals surface area contributed by atoms with Gasteiger partial charge in [-0.25, -0.2) is 0 Å². The summed E-state index contributed by atoms with van der Waals surface area (Å²) in [5.74, 6) is 0.687. The minimum Gasteiger partial charge on any atom is -0.493 e. The maximum Gasteiger partial charge on any atom is 0.239 e. The number of ether oxygens (including phenoxy) is 1. The molecule has 0 saturated carbocycles. The Labute approximate surface area is 108 Å². The molecule has 0 heterocycles. The molecule has 0 radical (unpaired) electrons. The first-order chi connectivity index (χ1) is 8.56. The van der Waals surface area contributed by atoms with Gasteiger partial charge in [-0.3, -0.25) is 4.79 Å². The zero-order chi connectivity index (χ0) is 13.5. The maximum atomic E-state index is 11.3. The Bertz CT molecular complexity index is 407. The first kappa shape index (κ1) is 14.2. The van der Waals surface area contributed by atoms with Crippen molar-refractivity contribution in [3.05, 3.63) is 18.2 Å². The van der Waals surface area contributed by atoms with Crippen LogP contribution in [-0.2, 0) is 4.79 Å². The molecule has 1 rings (SSSR count). The van der Waals surface area contributed by atoms with Gasteiger partial charge in [-0.2, -0.15) is 0 Å². The van der Waals surface area contributed by atoms with Gasteiger partial charge in [0.2, 0.25) is 5.91 Å². The van der Waals surface area contributed by atoms with E-state index in [0.717, 1.165) is 17.9 Å². The molecule has 0 aliphatic heterocycles. The van der Waals surface area contributed by atoms with E-state index in [4.69, 9.17) is 10.5 Å². The number of hydrogen-bond donors (Lipinski definition) is 2. The molecule has 0 unspecified atom stereocenters. The van der Waals surface area contributed by atoms with E-state index in [0.29, 0.717) is 12.3 Å². The van der Waals surface area contributed by atoms with Crippen LogP contribution in [0.4, 0.5) is 11.4 Å². The van der Waals surface area contributed by atoms with Crippen molar-refractivity contribution in [2.45, 2.75) is 13.3 Å². The Morgan fingerprint density at radius 3 is 2.78 bits per heavy atom. The molecule has 5 nitrogen and oxygen atoms in total. The number of nitrogens with one attached hydrogen (secondary N) is 1. The van der Waals surface area contributed by atoms with Crippen molar-refractivity contribution >= 4 is 17.3 Å². The number of nitrogens with two attached hydrogens (primary N) is 1. The third kappa shape index (κ3) is 4.16. The lowest BCUT2D eigenvalue weighted by Crippen LogP contribution is -2.32. The maximum absolute atomic E-state index is 11.3. The van der Waals surface area contributed by atoms with Crippen LogP contribution in [0, 0.1) is 0 Å². The van der Waals surface area contributed by atoms with Crippen LogP contribution >= 0.6 is 0 Å². The summed E-state index contributed by atoms with van der Waals surface area (Å²) in [7, 11) is 3.46. The Morgan fingerprint density at radius 1 is 1.44 bits per heavy atom. The van der Waals surface area contributed by atoms with Crippen LogP contribution in [0.25, 0.3) is 0 Å². The molecule has 0 aliphatic carbocycles. The summed E-state index contributed by atoms with van der Waals surface area (Å²) in [6.45, 7) is 2.99. The number of benzene rings is 1. The predicted molar refractivity (Wildman–Crippen MR) is 74.0 cm³/mol. The smallest absolute Gasteiger partial charge is 0.239 e. The Morgan fingerprint density at radius 2 is 2.17 bits per heavy atom. The van der Waals surface area contributed by atoms with E-state index in [1.165, 1.54) is 0 Å². The first-order valence-corrected chi connectivity index (χ1v) is 6.02. The summed E-state index contributed by atoms with van der Waals surface area (Å²) in [6, 6.07) is 5.49. The monoisotopic (exact) mass is 251 g/mol. The van der Waals surface area contributed by atoms with Gasteiger partial charge >= 0.3 is 0 Å². The fourth-order valence-corrected chi connectivity index (χ4v) is 1.52. The summed E-state index contributed by atoms with van der Waals surface area (Å²) < 4.78 is 5.55. The third-order valence-corrected chi connectivity index (χ3v) is 2.49. The number of carbonyl (C=O) groups excluding carboxylic acids is 1. The molecule has 100 valence electrons. The molecule has 0 aliphatic rings.